The fourth-order valence-corrected chi connectivity index (χ4v) is 1.12. The van der Waals surface area contributed by atoms with E-state index in [4.69, 9.17) is 4.74 Å². The number of imidazole rings is 1. The normalized spacial score (nSPS) is 13.4. The van der Waals surface area contributed by atoms with E-state index in [0.29, 0.717) is 6.04 Å². The molecule has 1 aromatic heterocycles. The highest BCUT2D eigenvalue weighted by molar-refractivity contribution is 4.78. The first-order chi connectivity index (χ1) is 6.70. The van der Waals surface area contributed by atoms with Crippen LogP contribution in [0.5, 0.6) is 0 Å². The average Bonchev–Trinajstić information content (AvgIpc) is 2.64. The van der Waals surface area contributed by atoms with E-state index >= 15 is 0 Å². The summed E-state index contributed by atoms with van der Waals surface area (Å²) in [5, 5.41) is 0. The zero-order valence-electron chi connectivity index (χ0n) is 9.18. The summed E-state index contributed by atoms with van der Waals surface area (Å²) in [5.74, 6) is 0. The quantitative estimate of drug-likeness (QED) is 0.638. The fraction of sp³-hybridized carbons (Fsp3) is 0.700. The molecule has 1 unspecified atom stereocenters. The predicted molar refractivity (Wildman–Crippen MR) is 56.3 cm³/mol. The van der Waals surface area contributed by atoms with Gasteiger partial charge in [-0.2, -0.15) is 0 Å². The van der Waals surface area contributed by atoms with Crippen LogP contribution in [0.15, 0.2) is 18.7 Å². The van der Waals surface area contributed by atoms with Crippen LogP contribution in [0.2, 0.25) is 0 Å². The zero-order chi connectivity index (χ0) is 10.4. The van der Waals surface area contributed by atoms with Crippen LogP contribution in [0.1, 0.15) is 13.0 Å². The molecule has 1 atom stereocenters. The van der Waals surface area contributed by atoms with Crippen molar-refractivity contribution in [2.24, 2.45) is 0 Å². The van der Waals surface area contributed by atoms with Crippen molar-refractivity contribution < 1.29 is 4.74 Å². The van der Waals surface area contributed by atoms with Gasteiger partial charge in [0.25, 0.3) is 0 Å². The van der Waals surface area contributed by atoms with Gasteiger partial charge in [-0.3, -0.25) is 0 Å². The molecule has 0 fully saturated rings. The summed E-state index contributed by atoms with van der Waals surface area (Å²) in [6, 6.07) is 0.361. The van der Waals surface area contributed by atoms with Crippen molar-refractivity contribution in [1.82, 2.24) is 14.5 Å². The van der Waals surface area contributed by atoms with Gasteiger partial charge in [-0.05, 0) is 21.0 Å². The van der Waals surface area contributed by atoms with Crippen molar-refractivity contribution in [2.45, 2.75) is 13.0 Å². The highest BCUT2D eigenvalue weighted by Crippen LogP contribution is 2.04. The van der Waals surface area contributed by atoms with E-state index in [9.17, 15) is 0 Å². The molecule has 0 bridgehead atoms. The van der Waals surface area contributed by atoms with Crippen molar-refractivity contribution in [2.75, 3.05) is 33.9 Å². The molecule has 0 aliphatic rings. The maximum absolute atomic E-state index is 5.54. The Balaban J connectivity index is 2.13. The molecule has 0 aliphatic carbocycles. The van der Waals surface area contributed by atoms with Crippen LogP contribution in [0.25, 0.3) is 0 Å². The first-order valence-corrected chi connectivity index (χ1v) is 4.90. The molecule has 0 spiro atoms. The lowest BCUT2D eigenvalue weighted by atomic mass is 10.3. The molecule has 4 nitrogen and oxygen atoms in total. The third kappa shape index (κ3) is 3.89. The van der Waals surface area contributed by atoms with Gasteiger partial charge in [-0.25, -0.2) is 4.98 Å². The van der Waals surface area contributed by atoms with Crippen LogP contribution < -0.4 is 0 Å². The standard InChI is InChI=1S/C10H19N3O/c1-10(13-5-4-11-9-13)8-14-7-6-12(2)3/h4-5,9-10H,6-8H2,1-3H3. The van der Waals surface area contributed by atoms with Gasteiger partial charge in [0.2, 0.25) is 0 Å². The second kappa shape index (κ2) is 5.78. The lowest BCUT2D eigenvalue weighted by molar-refractivity contribution is 0.0943. The molecule has 0 N–H and O–H groups in total. The molecule has 0 radical (unpaired) electrons. The third-order valence-electron chi connectivity index (χ3n) is 2.08. The Morgan fingerprint density at radius 3 is 2.86 bits per heavy atom. The number of likely N-dealkylation sites (N-methyl/N-ethyl adjacent to an activating group) is 1. The highest BCUT2D eigenvalue weighted by atomic mass is 16.5. The Hall–Kier alpha value is -0.870. The lowest BCUT2D eigenvalue weighted by Gasteiger charge is -2.14. The summed E-state index contributed by atoms with van der Waals surface area (Å²) in [6.07, 6.45) is 5.57. The summed E-state index contributed by atoms with van der Waals surface area (Å²) in [7, 11) is 4.09. The van der Waals surface area contributed by atoms with Crippen molar-refractivity contribution in [3.63, 3.8) is 0 Å². The number of rotatable bonds is 6. The van der Waals surface area contributed by atoms with Crippen molar-refractivity contribution in [1.29, 1.82) is 0 Å². The maximum Gasteiger partial charge on any atom is 0.0949 e. The van der Waals surface area contributed by atoms with Crippen LogP contribution in [0.3, 0.4) is 0 Å². The number of ether oxygens (including phenoxy) is 1. The van der Waals surface area contributed by atoms with Crippen LogP contribution in [0, 0.1) is 0 Å². The fourth-order valence-electron chi connectivity index (χ4n) is 1.12. The summed E-state index contributed by atoms with van der Waals surface area (Å²) in [6.45, 7) is 4.62. The average molecular weight is 197 g/mol. The number of nitrogens with zero attached hydrogens (tertiary/aromatic N) is 3. The van der Waals surface area contributed by atoms with Crippen LogP contribution in [-0.4, -0.2) is 48.3 Å². The largest absolute Gasteiger partial charge is 0.378 e. The van der Waals surface area contributed by atoms with E-state index in [2.05, 4.69) is 21.4 Å². The molecule has 1 rings (SSSR count). The summed E-state index contributed by atoms with van der Waals surface area (Å²) >= 11 is 0. The molecule has 0 aromatic carbocycles. The van der Waals surface area contributed by atoms with Gasteiger partial charge in [-0.1, -0.05) is 0 Å². The van der Waals surface area contributed by atoms with Crippen molar-refractivity contribution in [3.05, 3.63) is 18.7 Å². The molecule has 1 aromatic rings. The Morgan fingerprint density at radius 1 is 1.50 bits per heavy atom. The van der Waals surface area contributed by atoms with Crippen LogP contribution in [0.4, 0.5) is 0 Å². The Kier molecular flexibility index (Phi) is 4.62. The smallest absolute Gasteiger partial charge is 0.0949 e. The maximum atomic E-state index is 5.54. The molecule has 0 saturated heterocycles. The number of aromatic nitrogens is 2. The van der Waals surface area contributed by atoms with Gasteiger partial charge >= 0.3 is 0 Å². The molecule has 80 valence electrons. The van der Waals surface area contributed by atoms with Crippen molar-refractivity contribution >= 4 is 0 Å². The van der Waals surface area contributed by atoms with E-state index < -0.39 is 0 Å². The summed E-state index contributed by atoms with van der Waals surface area (Å²) < 4.78 is 7.59. The second-order valence-corrected chi connectivity index (χ2v) is 3.74. The van der Waals surface area contributed by atoms with Gasteiger partial charge in [0.05, 0.1) is 25.6 Å². The van der Waals surface area contributed by atoms with Gasteiger partial charge < -0.3 is 14.2 Å². The van der Waals surface area contributed by atoms with E-state index in [-0.39, 0.29) is 0 Å². The van der Waals surface area contributed by atoms with Gasteiger partial charge in [0.1, 0.15) is 0 Å². The zero-order valence-corrected chi connectivity index (χ0v) is 9.18. The van der Waals surface area contributed by atoms with Crippen LogP contribution in [-0.2, 0) is 4.74 Å². The van der Waals surface area contributed by atoms with Gasteiger partial charge in [0.15, 0.2) is 0 Å². The SMILES string of the molecule is CC(COCCN(C)C)n1ccnc1. The first kappa shape index (κ1) is 11.2. The van der Waals surface area contributed by atoms with E-state index in [1.165, 1.54) is 0 Å². The molecule has 0 aliphatic heterocycles. The third-order valence-corrected chi connectivity index (χ3v) is 2.08. The second-order valence-electron chi connectivity index (χ2n) is 3.74. The number of hydrogen-bond acceptors (Lipinski definition) is 3. The molecule has 14 heavy (non-hydrogen) atoms. The van der Waals surface area contributed by atoms with Crippen molar-refractivity contribution in [3.8, 4) is 0 Å². The van der Waals surface area contributed by atoms with E-state index in [1.807, 2.05) is 26.6 Å². The molecular weight excluding hydrogens is 178 g/mol. The van der Waals surface area contributed by atoms with Crippen LogP contribution >= 0.6 is 0 Å². The monoisotopic (exact) mass is 197 g/mol. The lowest BCUT2D eigenvalue weighted by Crippen LogP contribution is -2.20. The summed E-state index contributed by atoms with van der Waals surface area (Å²) in [4.78, 5) is 6.11. The van der Waals surface area contributed by atoms with E-state index in [0.717, 1.165) is 19.8 Å². The first-order valence-electron chi connectivity index (χ1n) is 4.90. The predicted octanol–water partition coefficient (Wildman–Crippen LogP) is 1.02. The minimum atomic E-state index is 0.361. The molecule has 1 heterocycles. The van der Waals surface area contributed by atoms with E-state index in [1.54, 1.807) is 6.20 Å². The molecule has 4 heteroatoms. The molecule has 0 amide bonds. The Morgan fingerprint density at radius 2 is 2.29 bits per heavy atom. The minimum absolute atomic E-state index is 0.361. The molecule has 0 saturated carbocycles. The minimum Gasteiger partial charge on any atom is -0.378 e. The van der Waals surface area contributed by atoms with Gasteiger partial charge in [0, 0.05) is 18.9 Å². The number of hydrogen-bond donors (Lipinski definition) is 0. The van der Waals surface area contributed by atoms with Gasteiger partial charge in [-0.15, -0.1) is 0 Å². The Bertz CT molecular complexity index is 234. The Labute approximate surface area is 85.5 Å². The molecular formula is C10H19N3O. The topological polar surface area (TPSA) is 30.3 Å². The summed E-state index contributed by atoms with van der Waals surface area (Å²) in [5.41, 5.74) is 0. The highest BCUT2D eigenvalue weighted by Gasteiger charge is 2.02.